The summed E-state index contributed by atoms with van der Waals surface area (Å²) in [6.07, 6.45) is 1.47. The molecule has 1 amide bonds. The SMILES string of the molecule is O=C(O)c1ccc(-n2cnc3c(F)cc(NCC(CCl)C(=O)Nc4ccccc4)cc32)cc1. The highest BCUT2D eigenvalue weighted by atomic mass is 35.5. The summed E-state index contributed by atoms with van der Waals surface area (Å²) in [6, 6.07) is 18.3. The quantitative estimate of drug-likeness (QED) is 0.325. The Morgan fingerprint density at radius 1 is 1.06 bits per heavy atom. The summed E-state index contributed by atoms with van der Waals surface area (Å²) >= 11 is 6.01. The number of amides is 1. The van der Waals surface area contributed by atoms with E-state index in [1.807, 2.05) is 18.2 Å². The van der Waals surface area contributed by atoms with Crippen molar-refractivity contribution < 1.29 is 19.1 Å². The Bertz CT molecular complexity index is 1290. The van der Waals surface area contributed by atoms with Crippen LogP contribution in [0.15, 0.2) is 73.1 Å². The number of aromatic nitrogens is 2. The number of carboxylic acid groups (broad SMARTS) is 1. The summed E-state index contributed by atoms with van der Waals surface area (Å²) in [7, 11) is 0. The van der Waals surface area contributed by atoms with Crippen molar-refractivity contribution in [2.75, 3.05) is 23.1 Å². The number of alkyl halides is 1. The van der Waals surface area contributed by atoms with Crippen LogP contribution in [0.2, 0.25) is 0 Å². The van der Waals surface area contributed by atoms with Crippen molar-refractivity contribution in [1.29, 1.82) is 0 Å². The van der Waals surface area contributed by atoms with Crippen LogP contribution in [-0.2, 0) is 4.79 Å². The molecule has 0 aliphatic carbocycles. The van der Waals surface area contributed by atoms with Crippen LogP contribution in [0.25, 0.3) is 16.7 Å². The Morgan fingerprint density at radius 3 is 2.45 bits per heavy atom. The van der Waals surface area contributed by atoms with Crippen molar-refractivity contribution in [3.05, 3.63) is 84.4 Å². The predicted octanol–water partition coefficient (Wildman–Crippen LogP) is 4.77. The first kappa shape index (κ1) is 22.3. The number of aromatic carboxylic acids is 1. The average molecular weight is 467 g/mol. The highest BCUT2D eigenvalue weighted by molar-refractivity contribution is 6.19. The maximum atomic E-state index is 14.7. The molecule has 168 valence electrons. The van der Waals surface area contributed by atoms with Crippen molar-refractivity contribution >= 4 is 45.9 Å². The van der Waals surface area contributed by atoms with Crippen LogP contribution in [0, 0.1) is 11.7 Å². The van der Waals surface area contributed by atoms with E-state index in [-0.39, 0.29) is 29.4 Å². The number of benzene rings is 3. The van der Waals surface area contributed by atoms with Gasteiger partial charge in [0.1, 0.15) is 11.8 Å². The van der Waals surface area contributed by atoms with Gasteiger partial charge in [-0.25, -0.2) is 14.2 Å². The number of rotatable bonds is 8. The van der Waals surface area contributed by atoms with Crippen LogP contribution in [0.4, 0.5) is 15.8 Å². The molecule has 3 N–H and O–H groups in total. The Kier molecular flexibility index (Phi) is 6.55. The zero-order valence-electron chi connectivity index (χ0n) is 17.3. The molecule has 0 aliphatic heterocycles. The maximum absolute atomic E-state index is 14.7. The number of imidazole rings is 1. The fourth-order valence-electron chi connectivity index (χ4n) is 3.37. The molecule has 0 saturated heterocycles. The summed E-state index contributed by atoms with van der Waals surface area (Å²) in [5, 5.41) is 15.0. The predicted molar refractivity (Wildman–Crippen MR) is 126 cm³/mol. The molecule has 0 aliphatic rings. The summed E-state index contributed by atoms with van der Waals surface area (Å²) < 4.78 is 16.4. The minimum atomic E-state index is -1.03. The third-order valence-corrected chi connectivity index (χ3v) is 5.52. The van der Waals surface area contributed by atoms with Gasteiger partial charge >= 0.3 is 5.97 Å². The maximum Gasteiger partial charge on any atom is 0.335 e. The molecule has 0 saturated carbocycles. The third-order valence-electron chi connectivity index (χ3n) is 5.15. The van der Waals surface area contributed by atoms with Crippen molar-refractivity contribution in [2.45, 2.75) is 0 Å². The van der Waals surface area contributed by atoms with Gasteiger partial charge in [0.25, 0.3) is 0 Å². The summed E-state index contributed by atoms with van der Waals surface area (Å²) in [6.45, 7) is 0.203. The lowest BCUT2D eigenvalue weighted by molar-refractivity contribution is -0.118. The number of hydrogen-bond acceptors (Lipinski definition) is 4. The van der Waals surface area contributed by atoms with Crippen molar-refractivity contribution in [3.8, 4) is 5.69 Å². The molecule has 4 rings (SSSR count). The van der Waals surface area contributed by atoms with Gasteiger partial charge in [0.2, 0.25) is 5.91 Å². The minimum absolute atomic E-state index is 0.0876. The number of nitrogens with one attached hydrogen (secondary N) is 2. The number of carbonyl (C=O) groups is 2. The van der Waals surface area contributed by atoms with E-state index in [0.717, 1.165) is 0 Å². The number of para-hydroxylation sites is 1. The Balaban J connectivity index is 1.53. The van der Waals surface area contributed by atoms with E-state index >= 15 is 0 Å². The Morgan fingerprint density at radius 2 is 1.79 bits per heavy atom. The molecule has 1 aromatic heterocycles. The van der Waals surface area contributed by atoms with Crippen LogP contribution < -0.4 is 10.6 Å². The first-order chi connectivity index (χ1) is 16.0. The van der Waals surface area contributed by atoms with E-state index in [1.54, 1.807) is 34.9 Å². The number of carboxylic acids is 1. The molecule has 33 heavy (non-hydrogen) atoms. The van der Waals surface area contributed by atoms with Gasteiger partial charge in [-0.15, -0.1) is 11.6 Å². The number of halogens is 2. The molecule has 0 spiro atoms. The zero-order valence-corrected chi connectivity index (χ0v) is 18.1. The van der Waals surface area contributed by atoms with E-state index in [0.29, 0.717) is 22.6 Å². The van der Waals surface area contributed by atoms with Crippen LogP contribution in [0.3, 0.4) is 0 Å². The highest BCUT2D eigenvalue weighted by Gasteiger charge is 2.18. The second kappa shape index (κ2) is 9.70. The third kappa shape index (κ3) is 4.96. The van der Waals surface area contributed by atoms with Crippen LogP contribution in [0.5, 0.6) is 0 Å². The molecule has 9 heteroatoms. The first-order valence-electron chi connectivity index (χ1n) is 10.1. The fourth-order valence-corrected chi connectivity index (χ4v) is 3.62. The van der Waals surface area contributed by atoms with E-state index in [2.05, 4.69) is 15.6 Å². The average Bonchev–Trinajstić information content (AvgIpc) is 3.25. The fraction of sp³-hybridized carbons (Fsp3) is 0.125. The van der Waals surface area contributed by atoms with Gasteiger partial charge < -0.3 is 15.7 Å². The second-order valence-electron chi connectivity index (χ2n) is 7.38. The summed E-state index contributed by atoms with van der Waals surface area (Å²) in [4.78, 5) is 27.8. The van der Waals surface area contributed by atoms with E-state index in [4.69, 9.17) is 16.7 Å². The molecule has 1 atom stereocenters. The van der Waals surface area contributed by atoms with Crippen molar-refractivity contribution in [3.63, 3.8) is 0 Å². The smallest absolute Gasteiger partial charge is 0.335 e. The van der Waals surface area contributed by atoms with Gasteiger partial charge in [-0.1, -0.05) is 18.2 Å². The lowest BCUT2D eigenvalue weighted by Gasteiger charge is -2.16. The molecule has 0 fully saturated rings. The largest absolute Gasteiger partial charge is 0.478 e. The van der Waals surface area contributed by atoms with Crippen molar-refractivity contribution in [1.82, 2.24) is 9.55 Å². The lowest BCUT2D eigenvalue weighted by Crippen LogP contribution is -2.30. The Hall–Kier alpha value is -3.91. The zero-order chi connectivity index (χ0) is 23.4. The Labute approximate surface area is 193 Å². The van der Waals surface area contributed by atoms with Gasteiger partial charge in [0.05, 0.1) is 17.0 Å². The van der Waals surface area contributed by atoms with Crippen molar-refractivity contribution in [2.24, 2.45) is 5.92 Å². The number of fused-ring (bicyclic) bond motifs is 1. The van der Waals surface area contributed by atoms with Crippen LogP contribution in [-0.4, -0.2) is 39.0 Å². The van der Waals surface area contributed by atoms with E-state index in [9.17, 15) is 14.0 Å². The monoisotopic (exact) mass is 466 g/mol. The summed E-state index contributed by atoms with van der Waals surface area (Å²) in [5.41, 5.74) is 2.60. The van der Waals surface area contributed by atoms with Gasteiger partial charge in [-0.3, -0.25) is 9.36 Å². The molecular formula is C24H20ClFN4O3. The van der Waals surface area contributed by atoms with Gasteiger partial charge in [-0.05, 0) is 48.5 Å². The normalized spacial score (nSPS) is 11.8. The van der Waals surface area contributed by atoms with Gasteiger partial charge in [-0.2, -0.15) is 0 Å². The van der Waals surface area contributed by atoms with Crippen LogP contribution in [0.1, 0.15) is 10.4 Å². The standard InChI is InChI=1S/C24H20ClFN4O3/c25-12-16(23(31)29-17-4-2-1-3-5-17)13-27-18-10-20(26)22-21(11-18)30(14-28-22)19-8-6-15(7-9-19)24(32)33/h1-11,14,16,27H,12-13H2,(H,29,31)(H,32,33). The topological polar surface area (TPSA) is 96.2 Å². The molecule has 4 aromatic rings. The molecule has 0 bridgehead atoms. The number of hydrogen-bond donors (Lipinski definition) is 3. The number of anilines is 2. The molecule has 0 radical (unpaired) electrons. The second-order valence-corrected chi connectivity index (χ2v) is 7.69. The first-order valence-corrected chi connectivity index (χ1v) is 10.7. The number of carbonyl (C=O) groups excluding carboxylic acids is 1. The van der Waals surface area contributed by atoms with E-state index in [1.165, 1.54) is 24.5 Å². The van der Waals surface area contributed by atoms with Gasteiger partial charge in [0, 0.05) is 29.5 Å². The molecule has 1 unspecified atom stereocenters. The lowest BCUT2D eigenvalue weighted by atomic mass is 10.1. The minimum Gasteiger partial charge on any atom is -0.478 e. The summed E-state index contributed by atoms with van der Waals surface area (Å²) in [5.74, 6) is -2.25. The highest BCUT2D eigenvalue weighted by Crippen LogP contribution is 2.25. The molecule has 7 nitrogen and oxygen atoms in total. The molecule has 3 aromatic carbocycles. The van der Waals surface area contributed by atoms with Gasteiger partial charge in [0.15, 0.2) is 5.82 Å². The molecular weight excluding hydrogens is 447 g/mol. The number of nitrogens with zero attached hydrogens (tertiary/aromatic N) is 2. The van der Waals surface area contributed by atoms with Crippen LogP contribution >= 0.6 is 11.6 Å². The molecule has 1 heterocycles. The van der Waals surface area contributed by atoms with E-state index < -0.39 is 17.7 Å².